The Balaban J connectivity index is 1.73. The fourth-order valence-corrected chi connectivity index (χ4v) is 4.76. The number of rotatable bonds is 3. The summed E-state index contributed by atoms with van der Waals surface area (Å²) in [7, 11) is 0. The lowest BCUT2D eigenvalue weighted by Gasteiger charge is -2.18. The molecule has 0 bridgehead atoms. The molecule has 5 rings (SSSR count). The number of nitrogens with zero attached hydrogens (tertiary/aromatic N) is 1. The molecule has 0 saturated carbocycles. The summed E-state index contributed by atoms with van der Waals surface area (Å²) in [5.41, 5.74) is 3.94. The summed E-state index contributed by atoms with van der Waals surface area (Å²) in [5, 5.41) is 8.13. The second-order valence-electron chi connectivity index (χ2n) is 8.77. The first-order valence-corrected chi connectivity index (χ1v) is 10.7. The third-order valence-electron chi connectivity index (χ3n) is 6.20. The first-order valence-electron chi connectivity index (χ1n) is 10.7. The monoisotopic (exact) mass is 377 g/mol. The van der Waals surface area contributed by atoms with Crippen LogP contribution in [0.4, 0.5) is 0 Å². The van der Waals surface area contributed by atoms with Gasteiger partial charge in [-0.2, -0.15) is 0 Å². The highest BCUT2D eigenvalue weighted by atomic mass is 14.7. The zero-order valence-electron chi connectivity index (χ0n) is 17.4. The quantitative estimate of drug-likeness (QED) is 0.421. The van der Waals surface area contributed by atoms with Gasteiger partial charge < -0.3 is 0 Å². The normalized spacial score (nSPS) is 15.9. The van der Waals surface area contributed by atoms with Crippen molar-refractivity contribution in [2.75, 3.05) is 0 Å². The van der Waals surface area contributed by atoms with E-state index in [4.69, 9.17) is 4.98 Å². The van der Waals surface area contributed by atoms with E-state index in [2.05, 4.69) is 93.7 Å². The van der Waals surface area contributed by atoms with Gasteiger partial charge in [0.15, 0.2) is 0 Å². The van der Waals surface area contributed by atoms with E-state index in [0.717, 1.165) is 12.8 Å². The Morgan fingerprint density at radius 3 is 2.17 bits per heavy atom. The molecule has 1 heteroatoms. The highest BCUT2D eigenvalue weighted by Crippen LogP contribution is 2.27. The van der Waals surface area contributed by atoms with Crippen LogP contribution in [-0.4, -0.2) is 4.98 Å². The fourth-order valence-electron chi connectivity index (χ4n) is 4.76. The van der Waals surface area contributed by atoms with Crippen molar-refractivity contribution in [2.24, 2.45) is 5.92 Å². The minimum Gasteiger partial charge on any atom is -0.260 e. The van der Waals surface area contributed by atoms with E-state index < -0.39 is 0 Å². The Hall–Kier alpha value is -2.93. The molecule has 1 aliphatic carbocycles. The predicted molar refractivity (Wildman–Crippen MR) is 125 cm³/mol. The molecule has 3 aromatic carbocycles. The molecular weight excluding hydrogens is 350 g/mol. The third-order valence-corrected chi connectivity index (χ3v) is 6.20. The SMILES string of the molecule is Cc1cnc(C2C=c3c(c4ccccc4c4ccccc34)=CC2)cc1CC(C)C. The van der Waals surface area contributed by atoms with Gasteiger partial charge in [0.05, 0.1) is 0 Å². The predicted octanol–water partition coefficient (Wildman–Crippen LogP) is 5.64. The van der Waals surface area contributed by atoms with E-state index in [0.29, 0.717) is 11.8 Å². The van der Waals surface area contributed by atoms with Crippen LogP contribution in [0.5, 0.6) is 0 Å². The number of fused-ring (bicyclic) bond motifs is 6. The number of pyridine rings is 1. The summed E-state index contributed by atoms with van der Waals surface area (Å²) in [6, 6.07) is 20.0. The molecule has 4 aromatic rings. The van der Waals surface area contributed by atoms with Gasteiger partial charge in [0.25, 0.3) is 0 Å². The number of aryl methyl sites for hydroxylation is 1. The molecule has 0 N–H and O–H groups in total. The Morgan fingerprint density at radius 1 is 0.897 bits per heavy atom. The van der Waals surface area contributed by atoms with Crippen LogP contribution in [0, 0.1) is 12.8 Å². The van der Waals surface area contributed by atoms with Crippen molar-refractivity contribution in [3.63, 3.8) is 0 Å². The van der Waals surface area contributed by atoms with E-state index in [1.807, 2.05) is 0 Å². The lowest BCUT2D eigenvalue weighted by Crippen LogP contribution is -2.30. The second kappa shape index (κ2) is 7.15. The van der Waals surface area contributed by atoms with Gasteiger partial charge >= 0.3 is 0 Å². The molecule has 1 heterocycles. The van der Waals surface area contributed by atoms with E-state index in [1.54, 1.807) is 0 Å². The molecule has 1 nitrogen and oxygen atoms in total. The first-order chi connectivity index (χ1) is 14.1. The first kappa shape index (κ1) is 18.1. The van der Waals surface area contributed by atoms with Gasteiger partial charge in [0.1, 0.15) is 0 Å². The molecule has 0 amide bonds. The molecule has 0 saturated heterocycles. The van der Waals surface area contributed by atoms with Crippen LogP contribution >= 0.6 is 0 Å². The van der Waals surface area contributed by atoms with Crippen molar-refractivity contribution >= 4 is 33.7 Å². The second-order valence-corrected chi connectivity index (χ2v) is 8.77. The van der Waals surface area contributed by atoms with Crippen LogP contribution in [0.1, 0.15) is 43.0 Å². The van der Waals surface area contributed by atoms with Gasteiger partial charge in [-0.05, 0) is 74.9 Å². The van der Waals surface area contributed by atoms with Gasteiger partial charge in [0.2, 0.25) is 0 Å². The van der Waals surface area contributed by atoms with Gasteiger partial charge in [-0.15, -0.1) is 0 Å². The largest absolute Gasteiger partial charge is 0.260 e. The van der Waals surface area contributed by atoms with Crippen LogP contribution in [0.15, 0.2) is 60.8 Å². The maximum atomic E-state index is 4.83. The molecule has 1 aliphatic rings. The minimum absolute atomic E-state index is 0.332. The number of hydrogen-bond acceptors (Lipinski definition) is 1. The molecule has 29 heavy (non-hydrogen) atoms. The van der Waals surface area contributed by atoms with Crippen LogP contribution < -0.4 is 10.4 Å². The summed E-state index contributed by atoms with van der Waals surface area (Å²) in [5.74, 6) is 0.987. The molecule has 0 spiro atoms. The summed E-state index contributed by atoms with van der Waals surface area (Å²) in [4.78, 5) is 4.83. The standard InChI is InChI=1S/C28H27N/c1-18(2)14-21-16-28(29-17-19(21)3)20-12-13-26-24-10-5-4-8-22(24)23-9-6-7-11-25(23)27(26)15-20/h4-11,13,15-18,20H,12,14H2,1-3H3. The lowest BCUT2D eigenvalue weighted by atomic mass is 9.88. The highest BCUT2D eigenvalue weighted by molar-refractivity contribution is 6.08. The molecule has 0 fully saturated rings. The van der Waals surface area contributed by atoms with Gasteiger partial charge in [-0.1, -0.05) is 74.5 Å². The molecule has 1 atom stereocenters. The van der Waals surface area contributed by atoms with Crippen molar-refractivity contribution in [2.45, 2.75) is 39.5 Å². The minimum atomic E-state index is 0.332. The maximum Gasteiger partial charge on any atom is 0.0478 e. The van der Waals surface area contributed by atoms with E-state index in [1.165, 1.54) is 48.8 Å². The zero-order chi connectivity index (χ0) is 20.0. The summed E-state index contributed by atoms with van der Waals surface area (Å²) < 4.78 is 0. The average Bonchev–Trinajstić information content (AvgIpc) is 2.75. The number of aromatic nitrogens is 1. The molecule has 1 aromatic heterocycles. The molecular formula is C28H27N. The molecule has 1 unspecified atom stereocenters. The van der Waals surface area contributed by atoms with Crippen LogP contribution in [0.3, 0.4) is 0 Å². The zero-order valence-corrected chi connectivity index (χ0v) is 17.4. The third kappa shape index (κ3) is 3.15. The van der Waals surface area contributed by atoms with Crippen molar-refractivity contribution < 1.29 is 0 Å². The van der Waals surface area contributed by atoms with Crippen LogP contribution in [0.25, 0.3) is 33.7 Å². The Bertz CT molecular complexity index is 1340. The Kier molecular flexibility index (Phi) is 4.47. The van der Waals surface area contributed by atoms with E-state index in [-0.39, 0.29) is 0 Å². The summed E-state index contributed by atoms with van der Waals surface area (Å²) >= 11 is 0. The maximum absolute atomic E-state index is 4.83. The lowest BCUT2D eigenvalue weighted by molar-refractivity contribution is 0.642. The topological polar surface area (TPSA) is 12.9 Å². The van der Waals surface area contributed by atoms with Crippen molar-refractivity contribution in [1.82, 2.24) is 4.98 Å². The van der Waals surface area contributed by atoms with E-state index in [9.17, 15) is 0 Å². The molecule has 0 radical (unpaired) electrons. The number of benzene rings is 3. The smallest absolute Gasteiger partial charge is 0.0478 e. The van der Waals surface area contributed by atoms with Gasteiger partial charge in [-0.25, -0.2) is 0 Å². The fraction of sp³-hybridized carbons (Fsp3) is 0.250. The summed E-state index contributed by atoms with van der Waals surface area (Å²) in [6.07, 6.45) is 9.07. The number of hydrogen-bond donors (Lipinski definition) is 0. The van der Waals surface area contributed by atoms with Gasteiger partial charge in [0, 0.05) is 17.8 Å². The van der Waals surface area contributed by atoms with Crippen molar-refractivity contribution in [3.05, 3.63) is 88.1 Å². The van der Waals surface area contributed by atoms with Gasteiger partial charge in [-0.3, -0.25) is 4.98 Å². The molecule has 144 valence electrons. The van der Waals surface area contributed by atoms with Crippen LogP contribution in [-0.2, 0) is 6.42 Å². The van der Waals surface area contributed by atoms with Crippen LogP contribution in [0.2, 0.25) is 0 Å². The molecule has 0 aliphatic heterocycles. The van der Waals surface area contributed by atoms with Crippen molar-refractivity contribution in [3.8, 4) is 0 Å². The average molecular weight is 378 g/mol. The summed E-state index contributed by atoms with van der Waals surface area (Å²) in [6.45, 7) is 6.75. The van der Waals surface area contributed by atoms with E-state index >= 15 is 0 Å². The Labute approximate surface area is 172 Å². The Morgan fingerprint density at radius 2 is 1.52 bits per heavy atom. The highest BCUT2D eigenvalue weighted by Gasteiger charge is 2.16. The van der Waals surface area contributed by atoms with Crippen molar-refractivity contribution in [1.29, 1.82) is 0 Å².